The van der Waals surface area contributed by atoms with Crippen molar-refractivity contribution >= 4 is 27.6 Å². The molecule has 2 aliphatic rings. The van der Waals surface area contributed by atoms with Crippen molar-refractivity contribution in [2.75, 3.05) is 0 Å². The van der Waals surface area contributed by atoms with Gasteiger partial charge in [-0.2, -0.15) is 0 Å². The van der Waals surface area contributed by atoms with Gasteiger partial charge < -0.3 is 10.2 Å². The van der Waals surface area contributed by atoms with E-state index in [1.807, 2.05) is 48.5 Å². The Kier molecular flexibility index (Phi) is 2.91. The molecule has 3 aromatic carbocycles. The van der Waals surface area contributed by atoms with E-state index in [2.05, 4.69) is 0 Å². The summed E-state index contributed by atoms with van der Waals surface area (Å²) in [7, 11) is 0. The smallest absolute Gasteiger partial charge is 0.253 e. The maximum absolute atomic E-state index is 13.0. The summed E-state index contributed by atoms with van der Waals surface area (Å²) in [6, 6.07) is 20.6. The SMILES string of the molecule is NC(=O)c1c2cc(-c3ccccc3)oc3ccc4cccc(c1=O)c4c3-2. The molecular formula is C22H13NO3. The van der Waals surface area contributed by atoms with Gasteiger partial charge in [-0.1, -0.05) is 54.6 Å². The van der Waals surface area contributed by atoms with E-state index in [4.69, 9.17) is 10.2 Å². The first-order chi connectivity index (χ1) is 12.6. The van der Waals surface area contributed by atoms with Crippen LogP contribution in [0.4, 0.5) is 0 Å². The summed E-state index contributed by atoms with van der Waals surface area (Å²) in [5.41, 5.74) is 8.02. The van der Waals surface area contributed by atoms with Crippen molar-refractivity contribution in [3.05, 3.63) is 82.5 Å². The topological polar surface area (TPSA) is 73.3 Å². The Hall–Kier alpha value is -3.66. The lowest BCUT2D eigenvalue weighted by Gasteiger charge is -2.18. The molecule has 1 aliphatic heterocycles. The lowest BCUT2D eigenvalue weighted by atomic mass is 9.87. The average Bonchev–Trinajstić information content (AvgIpc) is 2.67. The van der Waals surface area contributed by atoms with Crippen molar-refractivity contribution in [3.63, 3.8) is 0 Å². The van der Waals surface area contributed by atoms with E-state index in [9.17, 15) is 9.59 Å². The van der Waals surface area contributed by atoms with Crippen molar-refractivity contribution in [2.45, 2.75) is 0 Å². The van der Waals surface area contributed by atoms with Gasteiger partial charge in [-0.05, 0) is 17.5 Å². The Morgan fingerprint density at radius 1 is 0.923 bits per heavy atom. The van der Waals surface area contributed by atoms with Crippen LogP contribution in [-0.2, 0) is 0 Å². The van der Waals surface area contributed by atoms with Crippen LogP contribution in [0, 0.1) is 0 Å². The minimum atomic E-state index is -0.729. The monoisotopic (exact) mass is 339 g/mol. The van der Waals surface area contributed by atoms with Crippen LogP contribution in [0.15, 0.2) is 75.9 Å². The third kappa shape index (κ3) is 1.90. The van der Waals surface area contributed by atoms with Crippen molar-refractivity contribution in [3.8, 4) is 22.5 Å². The number of nitrogens with two attached hydrogens (primary N) is 1. The average molecular weight is 339 g/mol. The highest BCUT2D eigenvalue weighted by Gasteiger charge is 2.25. The number of carbonyl (C=O) groups excluding carboxylic acids is 1. The molecule has 0 atom stereocenters. The van der Waals surface area contributed by atoms with Gasteiger partial charge in [-0.3, -0.25) is 9.59 Å². The molecule has 2 N–H and O–H groups in total. The Morgan fingerprint density at radius 3 is 2.50 bits per heavy atom. The molecule has 5 rings (SSSR count). The van der Waals surface area contributed by atoms with Gasteiger partial charge >= 0.3 is 0 Å². The molecule has 0 bridgehead atoms. The summed E-state index contributed by atoms with van der Waals surface area (Å²) in [5.74, 6) is -0.147. The van der Waals surface area contributed by atoms with Gasteiger partial charge in [0.05, 0.1) is 5.56 Å². The molecule has 0 unspecified atom stereocenters. The van der Waals surface area contributed by atoms with E-state index in [-0.39, 0.29) is 11.0 Å². The standard InChI is InChI=1S/C22H13NO3/c23-22(25)20-15-11-17(12-5-2-1-3-6-12)26-16-10-9-13-7-4-8-14(21(20)24)18(13)19(15)16/h1-11H,(H2,23,25). The highest BCUT2D eigenvalue weighted by molar-refractivity contribution is 6.18. The molecule has 26 heavy (non-hydrogen) atoms. The molecule has 0 aromatic heterocycles. The van der Waals surface area contributed by atoms with Crippen molar-refractivity contribution < 1.29 is 9.21 Å². The molecule has 0 radical (unpaired) electrons. The fourth-order valence-corrected chi connectivity index (χ4v) is 3.70. The number of amides is 1. The lowest BCUT2D eigenvalue weighted by Crippen LogP contribution is -2.24. The normalized spacial score (nSPS) is 11.5. The van der Waals surface area contributed by atoms with Crippen LogP contribution < -0.4 is 11.2 Å². The molecule has 124 valence electrons. The first-order valence-corrected chi connectivity index (χ1v) is 8.25. The van der Waals surface area contributed by atoms with Crippen LogP contribution >= 0.6 is 0 Å². The van der Waals surface area contributed by atoms with E-state index in [0.29, 0.717) is 22.3 Å². The molecule has 4 heteroatoms. The Morgan fingerprint density at radius 2 is 1.73 bits per heavy atom. The van der Waals surface area contributed by atoms with E-state index < -0.39 is 5.91 Å². The zero-order valence-corrected chi connectivity index (χ0v) is 13.7. The molecule has 0 saturated heterocycles. The number of carbonyl (C=O) groups is 1. The van der Waals surface area contributed by atoms with Crippen LogP contribution in [-0.4, -0.2) is 5.91 Å². The maximum atomic E-state index is 13.0. The fourth-order valence-electron chi connectivity index (χ4n) is 3.70. The number of hydrogen-bond acceptors (Lipinski definition) is 3. The Bertz CT molecular complexity index is 1320. The molecular weight excluding hydrogens is 326 g/mol. The Balaban J connectivity index is 2.04. The molecule has 1 heterocycles. The van der Waals surface area contributed by atoms with Gasteiger partial charge in [0.15, 0.2) is 5.43 Å². The largest absolute Gasteiger partial charge is 0.456 e. The quantitative estimate of drug-likeness (QED) is 0.489. The summed E-state index contributed by atoms with van der Waals surface area (Å²) in [4.78, 5) is 25.1. The van der Waals surface area contributed by atoms with Crippen LogP contribution in [0.25, 0.3) is 44.2 Å². The van der Waals surface area contributed by atoms with Gasteiger partial charge in [-0.15, -0.1) is 0 Å². The second-order valence-electron chi connectivity index (χ2n) is 6.30. The van der Waals surface area contributed by atoms with E-state index >= 15 is 0 Å². The maximum Gasteiger partial charge on any atom is 0.253 e. The third-order valence-corrected chi connectivity index (χ3v) is 4.82. The van der Waals surface area contributed by atoms with E-state index in [1.165, 1.54) is 0 Å². The zero-order chi connectivity index (χ0) is 17.8. The van der Waals surface area contributed by atoms with Gasteiger partial charge in [0.1, 0.15) is 11.3 Å². The van der Waals surface area contributed by atoms with Crippen LogP contribution in [0.1, 0.15) is 10.4 Å². The van der Waals surface area contributed by atoms with Gasteiger partial charge in [0, 0.05) is 27.5 Å². The number of hydrogen-bond donors (Lipinski definition) is 1. The molecule has 3 aromatic rings. The summed E-state index contributed by atoms with van der Waals surface area (Å²) in [6.45, 7) is 0. The second kappa shape index (κ2) is 5.17. The minimum Gasteiger partial charge on any atom is -0.456 e. The van der Waals surface area contributed by atoms with Crippen LogP contribution in [0.3, 0.4) is 0 Å². The highest BCUT2D eigenvalue weighted by Crippen LogP contribution is 2.41. The predicted molar refractivity (Wildman–Crippen MR) is 102 cm³/mol. The molecule has 4 nitrogen and oxygen atoms in total. The summed E-state index contributed by atoms with van der Waals surface area (Å²) >= 11 is 0. The van der Waals surface area contributed by atoms with Crippen LogP contribution in [0.5, 0.6) is 0 Å². The number of rotatable bonds is 2. The molecule has 1 aliphatic carbocycles. The summed E-state index contributed by atoms with van der Waals surface area (Å²) in [5, 5.41) is 2.21. The van der Waals surface area contributed by atoms with Gasteiger partial charge in [-0.25, -0.2) is 0 Å². The third-order valence-electron chi connectivity index (χ3n) is 4.82. The molecule has 0 saturated carbocycles. The van der Waals surface area contributed by atoms with Crippen molar-refractivity contribution in [1.29, 1.82) is 0 Å². The second-order valence-corrected chi connectivity index (χ2v) is 6.30. The highest BCUT2D eigenvalue weighted by atomic mass is 16.3. The summed E-state index contributed by atoms with van der Waals surface area (Å²) in [6.07, 6.45) is 0. The minimum absolute atomic E-state index is 0.00850. The van der Waals surface area contributed by atoms with Crippen molar-refractivity contribution in [2.24, 2.45) is 5.73 Å². The number of benzene rings is 4. The molecule has 0 spiro atoms. The van der Waals surface area contributed by atoms with E-state index in [0.717, 1.165) is 21.9 Å². The van der Waals surface area contributed by atoms with Crippen LogP contribution in [0.2, 0.25) is 0 Å². The summed E-state index contributed by atoms with van der Waals surface area (Å²) < 4.78 is 6.11. The van der Waals surface area contributed by atoms with Gasteiger partial charge in [0.25, 0.3) is 5.91 Å². The lowest BCUT2D eigenvalue weighted by molar-refractivity contribution is 0.1000. The number of primary amides is 1. The van der Waals surface area contributed by atoms with Crippen molar-refractivity contribution in [1.82, 2.24) is 0 Å². The first-order valence-electron chi connectivity index (χ1n) is 8.25. The molecule has 1 amide bonds. The van der Waals surface area contributed by atoms with E-state index in [1.54, 1.807) is 18.2 Å². The zero-order valence-electron chi connectivity index (χ0n) is 13.7. The predicted octanol–water partition coefficient (Wildman–Crippen LogP) is 4.25. The first kappa shape index (κ1) is 14.7. The van der Waals surface area contributed by atoms with Gasteiger partial charge in [0.2, 0.25) is 0 Å². The molecule has 0 fully saturated rings. The fraction of sp³-hybridized carbons (Fsp3) is 0. The Labute approximate surface area is 148 Å².